The van der Waals surface area contributed by atoms with Crippen LogP contribution in [0.25, 0.3) is 0 Å². The SMILES string of the molecule is CC(=O)N(Cc1ccccc1)C(C)(C)C.CC(C)(C)C(=O)N1CCC12CCC2.CC(C)(C)C(=O)N1CCCCCC1.CC(C)C1(NC(=O)C(C)(C)C)CCC1.CC1(CNC(=O)C(C)(C)C)CCC1.CC1(NC(=O)C(C)(C)C)CCCC1.COCC1(NC(=O)C(C)(C)C)CCC1. The topological polar surface area (TPSA) is 187 Å². The number of hydrogen-bond donors (Lipinski definition) is 4. The van der Waals surface area contributed by atoms with E-state index in [1.54, 1.807) is 14.0 Å². The number of ether oxygens (including phenoxy) is 1. The molecule has 2 heterocycles. The summed E-state index contributed by atoms with van der Waals surface area (Å²) in [6.45, 7) is 57.1. The van der Waals surface area contributed by atoms with E-state index in [2.05, 4.69) is 74.6 Å². The molecule has 1 spiro atoms. The van der Waals surface area contributed by atoms with Gasteiger partial charge in [-0.25, -0.2) is 0 Å². The quantitative estimate of drug-likeness (QED) is 0.178. The van der Waals surface area contributed by atoms with Gasteiger partial charge in [-0.3, -0.25) is 33.6 Å². The van der Waals surface area contributed by atoms with Gasteiger partial charge in [0.05, 0.1) is 12.1 Å². The zero-order valence-electron chi connectivity index (χ0n) is 66.2. The van der Waals surface area contributed by atoms with Crippen LogP contribution in [0, 0.1) is 43.8 Å². The normalized spacial score (nSPS) is 19.7. The molecule has 7 fully saturated rings. The average Bonchev–Trinajstić information content (AvgIpc) is 1.07. The van der Waals surface area contributed by atoms with Crippen LogP contribution in [0.5, 0.6) is 0 Å². The number of nitrogens with one attached hydrogen (secondary N) is 4. The number of amides is 7. The van der Waals surface area contributed by atoms with Gasteiger partial charge in [-0.2, -0.15) is 0 Å². The Kier molecular flexibility index (Phi) is 32.3. The number of nitrogens with zero attached hydrogens (tertiary/aromatic N) is 3. The van der Waals surface area contributed by atoms with Crippen LogP contribution in [0.3, 0.4) is 0 Å². The smallest absolute Gasteiger partial charge is 0.228 e. The highest BCUT2D eigenvalue weighted by Crippen LogP contribution is 2.48. The lowest BCUT2D eigenvalue weighted by Gasteiger charge is -2.60. The van der Waals surface area contributed by atoms with Crippen molar-refractivity contribution >= 4 is 41.4 Å². The van der Waals surface area contributed by atoms with E-state index in [1.807, 2.05) is 165 Å². The molecule has 0 radical (unpaired) electrons. The van der Waals surface area contributed by atoms with Gasteiger partial charge in [-0.1, -0.05) is 208 Å². The predicted molar refractivity (Wildman–Crippen MR) is 393 cm³/mol. The zero-order chi connectivity index (χ0) is 73.1. The zero-order valence-corrected chi connectivity index (χ0v) is 66.2. The molecule has 2 saturated heterocycles. The monoisotopic (exact) mass is 1330 g/mol. The predicted octanol–water partition coefficient (Wildman–Crippen LogP) is 16.7. The Bertz CT molecular complexity index is 2540. The minimum Gasteiger partial charge on any atom is -0.382 e. The van der Waals surface area contributed by atoms with Crippen LogP contribution in [-0.2, 0) is 44.8 Å². The summed E-state index contributed by atoms with van der Waals surface area (Å²) in [4.78, 5) is 88.3. The van der Waals surface area contributed by atoms with Crippen molar-refractivity contribution in [1.82, 2.24) is 36.0 Å². The van der Waals surface area contributed by atoms with Crippen LogP contribution in [0.15, 0.2) is 30.3 Å². The van der Waals surface area contributed by atoms with Gasteiger partial charge in [0.2, 0.25) is 41.4 Å². The molecule has 5 aliphatic carbocycles. The van der Waals surface area contributed by atoms with Crippen molar-refractivity contribution in [3.8, 4) is 0 Å². The molecule has 7 amide bonds. The minimum absolute atomic E-state index is 0.0703. The van der Waals surface area contributed by atoms with Gasteiger partial charge in [-0.15, -0.1) is 0 Å². The van der Waals surface area contributed by atoms with Crippen molar-refractivity contribution in [2.75, 3.05) is 39.9 Å². The second kappa shape index (κ2) is 35.5. The Labute approximate surface area is 581 Å². The molecule has 4 N–H and O–H groups in total. The van der Waals surface area contributed by atoms with E-state index < -0.39 is 0 Å². The first-order valence-electron chi connectivity index (χ1n) is 36.9. The number of methoxy groups -OCH3 is 1. The Morgan fingerprint density at radius 1 is 0.484 bits per heavy atom. The lowest BCUT2D eigenvalue weighted by molar-refractivity contribution is -0.164. The summed E-state index contributed by atoms with van der Waals surface area (Å²) in [6, 6.07) is 10.1. The first-order chi connectivity index (χ1) is 43.2. The third-order valence-corrected chi connectivity index (χ3v) is 20.4. The van der Waals surface area contributed by atoms with Crippen LogP contribution in [0.2, 0.25) is 0 Å². The number of likely N-dealkylation sites (tertiary alicyclic amines) is 2. The van der Waals surface area contributed by atoms with Gasteiger partial charge in [0, 0.05) is 101 Å². The van der Waals surface area contributed by atoms with E-state index in [1.165, 1.54) is 102 Å². The summed E-state index contributed by atoms with van der Waals surface area (Å²) in [6.07, 6.45) is 25.4. The molecule has 15 heteroatoms. The number of benzene rings is 1. The summed E-state index contributed by atoms with van der Waals surface area (Å²) >= 11 is 0. The first kappa shape index (κ1) is 86.6. The number of hydrogen-bond acceptors (Lipinski definition) is 8. The highest BCUT2D eigenvalue weighted by Gasteiger charge is 2.53. The van der Waals surface area contributed by atoms with E-state index in [9.17, 15) is 33.6 Å². The van der Waals surface area contributed by atoms with Gasteiger partial charge >= 0.3 is 0 Å². The third kappa shape index (κ3) is 28.7. The first-order valence-corrected chi connectivity index (χ1v) is 36.9. The Morgan fingerprint density at radius 3 is 1.23 bits per heavy atom. The second-order valence-electron chi connectivity index (χ2n) is 37.5. The number of carbonyl (C=O) groups is 7. The molecule has 1 aromatic rings. The minimum atomic E-state index is -0.309. The van der Waals surface area contributed by atoms with E-state index in [-0.39, 0.29) is 84.2 Å². The highest BCUT2D eigenvalue weighted by molar-refractivity contribution is 5.85. The maximum absolute atomic E-state index is 12.0. The maximum atomic E-state index is 12.0. The maximum Gasteiger partial charge on any atom is 0.228 e. The third-order valence-electron chi connectivity index (χ3n) is 20.4. The van der Waals surface area contributed by atoms with Crippen molar-refractivity contribution in [3.05, 3.63) is 35.9 Å². The van der Waals surface area contributed by atoms with Crippen molar-refractivity contribution in [2.45, 2.75) is 349 Å². The summed E-state index contributed by atoms with van der Waals surface area (Å²) < 4.78 is 5.15. The molecule has 548 valence electrons. The Hall–Kier alpha value is -4.53. The lowest BCUT2D eigenvalue weighted by Crippen LogP contribution is -2.67. The standard InChI is InChI=1S/C13H19NO.C12H23NO.C11H21NO2.C11H19NO.3C11H21NO/c1-11(15)14(13(2,3)4)10-12-8-6-5-7-9-12;1-9(2)12(7-6-8-12)13-10(14)11(3,4)5;1-10(2,3)9(13)12-11(8-14-4)6-5-7-11;1-10(2,3)9(13)12-8-7-11(12)5-4-6-11;1-10(2,3)9(13)12-8-11(4)6-5-7-11;1-10(2,3)9(13)12-11(4)7-5-6-8-11;1-11(2,3)10(13)12-8-6-4-5-7-9-12/h5-9H,10H2,1-4H3;9H,6-8H2,1-5H3,(H,13,14);5-8H2,1-4H3,(H,12,13);4-8H2,1-3H3;2*5-8H2,1-4H3,(H,12,13);4-9H2,1-3H3. The highest BCUT2D eigenvalue weighted by atomic mass is 16.5. The Morgan fingerprint density at radius 2 is 0.916 bits per heavy atom. The van der Waals surface area contributed by atoms with E-state index in [4.69, 9.17) is 4.74 Å². The van der Waals surface area contributed by atoms with Crippen molar-refractivity contribution in [2.24, 2.45) is 43.8 Å². The summed E-state index contributed by atoms with van der Waals surface area (Å²) in [7, 11) is 1.68. The van der Waals surface area contributed by atoms with Crippen molar-refractivity contribution in [1.29, 1.82) is 0 Å². The molecule has 15 nitrogen and oxygen atoms in total. The molecule has 0 bridgehead atoms. The molecule has 0 atom stereocenters. The molecule has 0 unspecified atom stereocenters. The largest absolute Gasteiger partial charge is 0.382 e. The van der Waals surface area contributed by atoms with E-state index >= 15 is 0 Å². The Balaban J connectivity index is 0.000000377. The molecule has 0 aromatic heterocycles. The van der Waals surface area contributed by atoms with E-state index in [0.29, 0.717) is 41.8 Å². The van der Waals surface area contributed by atoms with Gasteiger partial charge < -0.3 is 40.7 Å². The summed E-state index contributed by atoms with van der Waals surface area (Å²) in [5.74, 6) is 1.97. The van der Waals surface area contributed by atoms with Crippen LogP contribution in [0.1, 0.15) is 320 Å². The number of rotatable bonds is 10. The molecular weight excluding hydrogens is 1190 g/mol. The van der Waals surface area contributed by atoms with Gasteiger partial charge in [0.25, 0.3) is 0 Å². The molecule has 1 aromatic carbocycles. The van der Waals surface area contributed by atoms with Crippen molar-refractivity contribution < 1.29 is 38.3 Å². The van der Waals surface area contributed by atoms with Gasteiger partial charge in [-0.05, 0) is 147 Å². The fourth-order valence-corrected chi connectivity index (χ4v) is 12.4. The molecule has 5 saturated carbocycles. The molecule has 95 heavy (non-hydrogen) atoms. The summed E-state index contributed by atoms with van der Waals surface area (Å²) in [5, 5.41) is 12.5. The van der Waals surface area contributed by atoms with Crippen molar-refractivity contribution in [3.63, 3.8) is 0 Å². The van der Waals surface area contributed by atoms with Crippen LogP contribution < -0.4 is 21.3 Å². The molecule has 8 rings (SSSR count). The fraction of sp³-hybridized carbons (Fsp3) is 0.838. The lowest BCUT2D eigenvalue weighted by atomic mass is 9.67. The number of carbonyl (C=O) groups excluding carboxylic acids is 7. The fourth-order valence-electron chi connectivity index (χ4n) is 12.4. The molecule has 7 aliphatic rings. The summed E-state index contributed by atoms with van der Waals surface area (Å²) in [5.41, 5.74) is 0.385. The molecular formula is C80H145N7O8. The van der Waals surface area contributed by atoms with Crippen LogP contribution in [-0.4, -0.2) is 124 Å². The van der Waals surface area contributed by atoms with Crippen LogP contribution in [0.4, 0.5) is 0 Å². The van der Waals surface area contributed by atoms with Crippen LogP contribution >= 0.6 is 0 Å². The molecule has 2 aliphatic heterocycles. The second-order valence-corrected chi connectivity index (χ2v) is 37.5. The van der Waals surface area contributed by atoms with E-state index in [0.717, 1.165) is 64.7 Å². The van der Waals surface area contributed by atoms with Gasteiger partial charge in [0.15, 0.2) is 0 Å². The average molecular weight is 1330 g/mol. The van der Waals surface area contributed by atoms with Gasteiger partial charge in [0.1, 0.15) is 0 Å².